The molecule has 0 spiro atoms. The van der Waals surface area contributed by atoms with Crippen molar-refractivity contribution >= 4 is 40.9 Å². The Morgan fingerprint density at radius 2 is 2.03 bits per heavy atom. The van der Waals surface area contributed by atoms with Gasteiger partial charge in [0.05, 0.1) is 10.5 Å². The quantitative estimate of drug-likeness (QED) is 0.668. The van der Waals surface area contributed by atoms with E-state index in [-0.39, 0.29) is 17.0 Å². The van der Waals surface area contributed by atoms with E-state index in [1.165, 1.54) is 18.2 Å². The first-order valence-electron chi connectivity index (χ1n) is 8.84. The summed E-state index contributed by atoms with van der Waals surface area (Å²) in [5.41, 5.74) is 0.702. The number of rotatable bonds is 7. The summed E-state index contributed by atoms with van der Waals surface area (Å²) in [4.78, 5) is 48.5. The summed E-state index contributed by atoms with van der Waals surface area (Å²) in [7, 11) is 0. The highest BCUT2D eigenvalue weighted by Gasteiger charge is 2.36. The van der Waals surface area contributed by atoms with Gasteiger partial charge in [0.25, 0.3) is 11.1 Å². The number of amides is 3. The fraction of sp³-hybridized carbons (Fsp3) is 0.200. The van der Waals surface area contributed by atoms with Crippen molar-refractivity contribution in [1.82, 2.24) is 10.2 Å². The minimum absolute atomic E-state index is 0.128. The predicted octanol–water partition coefficient (Wildman–Crippen LogP) is 3.21. The van der Waals surface area contributed by atoms with Crippen LogP contribution in [0.2, 0.25) is 0 Å². The van der Waals surface area contributed by atoms with E-state index in [0.717, 1.165) is 23.1 Å². The molecule has 3 rings (SSSR count). The molecule has 1 fully saturated rings. The number of hydrogen-bond acceptors (Lipinski definition) is 6. The Hall–Kier alpha value is -3.33. The molecule has 1 aliphatic heterocycles. The summed E-state index contributed by atoms with van der Waals surface area (Å²) in [5.74, 6) is -1.24. The predicted molar refractivity (Wildman–Crippen MR) is 107 cm³/mol. The normalized spacial score (nSPS) is 15.2. The van der Waals surface area contributed by atoms with Crippen molar-refractivity contribution in [3.05, 3.63) is 52.6 Å². The Morgan fingerprint density at radius 3 is 2.76 bits per heavy atom. The van der Waals surface area contributed by atoms with Crippen molar-refractivity contribution in [3.63, 3.8) is 0 Å². The molecule has 0 unspecified atom stereocenters. The molecule has 0 saturated carbocycles. The summed E-state index contributed by atoms with van der Waals surface area (Å²) in [6.07, 6.45) is 2.18. The average Bonchev–Trinajstić information content (AvgIpc) is 3.27. The Balaban J connectivity index is 1.75. The van der Waals surface area contributed by atoms with Crippen LogP contribution in [0.25, 0.3) is 17.4 Å². The van der Waals surface area contributed by atoms with Gasteiger partial charge in [-0.1, -0.05) is 19.1 Å². The van der Waals surface area contributed by atoms with Gasteiger partial charge in [-0.05, 0) is 42.4 Å². The monoisotopic (exact) mass is 414 g/mol. The van der Waals surface area contributed by atoms with Gasteiger partial charge >= 0.3 is 5.97 Å². The Bertz CT molecular complexity index is 1010. The summed E-state index contributed by atoms with van der Waals surface area (Å²) in [6, 6.07) is 9.53. The first-order chi connectivity index (χ1) is 13.9. The molecule has 29 heavy (non-hydrogen) atoms. The van der Waals surface area contributed by atoms with Crippen LogP contribution in [0.3, 0.4) is 0 Å². The third-order valence-electron chi connectivity index (χ3n) is 4.04. The topological polar surface area (TPSA) is 117 Å². The maximum absolute atomic E-state index is 12.5. The van der Waals surface area contributed by atoms with E-state index in [2.05, 4.69) is 5.32 Å². The molecule has 1 saturated heterocycles. The minimum Gasteiger partial charge on any atom is -0.478 e. The van der Waals surface area contributed by atoms with Gasteiger partial charge in [0.15, 0.2) is 0 Å². The maximum Gasteiger partial charge on any atom is 0.335 e. The molecule has 3 amide bonds. The number of imide groups is 1. The summed E-state index contributed by atoms with van der Waals surface area (Å²) >= 11 is 0.735. The zero-order chi connectivity index (χ0) is 21.0. The van der Waals surface area contributed by atoms with Gasteiger partial charge in [-0.15, -0.1) is 0 Å². The lowest BCUT2D eigenvalue weighted by atomic mass is 10.1. The number of nitrogens with one attached hydrogen (secondary N) is 1. The van der Waals surface area contributed by atoms with E-state index < -0.39 is 23.0 Å². The van der Waals surface area contributed by atoms with E-state index >= 15 is 0 Å². The van der Waals surface area contributed by atoms with Crippen molar-refractivity contribution in [2.45, 2.75) is 13.3 Å². The fourth-order valence-corrected chi connectivity index (χ4v) is 3.44. The molecule has 0 bridgehead atoms. The third-order valence-corrected chi connectivity index (χ3v) is 4.95. The van der Waals surface area contributed by atoms with Crippen LogP contribution in [-0.4, -0.2) is 46.1 Å². The Labute approximate surface area is 170 Å². The van der Waals surface area contributed by atoms with Gasteiger partial charge in [-0.3, -0.25) is 19.3 Å². The lowest BCUT2D eigenvalue weighted by Crippen LogP contribution is -2.39. The highest BCUT2D eigenvalue weighted by atomic mass is 32.2. The second-order valence-electron chi connectivity index (χ2n) is 6.21. The molecule has 2 heterocycles. The lowest BCUT2D eigenvalue weighted by Gasteiger charge is -2.11. The van der Waals surface area contributed by atoms with Crippen LogP contribution >= 0.6 is 11.8 Å². The van der Waals surface area contributed by atoms with Gasteiger partial charge in [-0.2, -0.15) is 0 Å². The second kappa shape index (κ2) is 8.78. The molecule has 2 aromatic rings. The van der Waals surface area contributed by atoms with Gasteiger partial charge in [0.1, 0.15) is 18.1 Å². The molecule has 8 nitrogen and oxygen atoms in total. The van der Waals surface area contributed by atoms with Crippen LogP contribution in [-0.2, 0) is 9.59 Å². The van der Waals surface area contributed by atoms with Crippen molar-refractivity contribution in [1.29, 1.82) is 0 Å². The van der Waals surface area contributed by atoms with E-state index in [1.54, 1.807) is 24.3 Å². The number of hydrogen-bond donors (Lipinski definition) is 2. The van der Waals surface area contributed by atoms with Crippen LogP contribution in [0.4, 0.5) is 4.79 Å². The number of carboxylic acid groups (broad SMARTS) is 1. The second-order valence-corrected chi connectivity index (χ2v) is 7.20. The largest absolute Gasteiger partial charge is 0.478 e. The van der Waals surface area contributed by atoms with Crippen molar-refractivity contribution in [2.75, 3.05) is 13.1 Å². The zero-order valence-electron chi connectivity index (χ0n) is 15.5. The molecule has 1 aromatic heterocycles. The van der Waals surface area contributed by atoms with Crippen LogP contribution in [0.15, 0.2) is 45.7 Å². The number of carbonyl (C=O) groups excluding carboxylic acids is 3. The highest BCUT2D eigenvalue weighted by Crippen LogP contribution is 2.33. The van der Waals surface area contributed by atoms with Crippen molar-refractivity contribution in [3.8, 4) is 11.3 Å². The van der Waals surface area contributed by atoms with Crippen molar-refractivity contribution < 1.29 is 28.7 Å². The molecule has 2 N–H and O–H groups in total. The highest BCUT2D eigenvalue weighted by molar-refractivity contribution is 8.18. The molecule has 9 heteroatoms. The zero-order valence-corrected chi connectivity index (χ0v) is 16.3. The first kappa shape index (κ1) is 20.4. The van der Waals surface area contributed by atoms with Gasteiger partial charge < -0.3 is 14.8 Å². The molecule has 150 valence electrons. The van der Waals surface area contributed by atoms with Crippen LogP contribution in [0, 0.1) is 0 Å². The van der Waals surface area contributed by atoms with Gasteiger partial charge in [0.2, 0.25) is 5.91 Å². The fourth-order valence-electron chi connectivity index (χ4n) is 2.62. The third kappa shape index (κ3) is 4.75. The number of carboxylic acids is 1. The smallest absolute Gasteiger partial charge is 0.335 e. The standard InChI is InChI=1S/C20H18N2O6S/c1-2-8-21-17(23)11-22-18(24)16(29-20(22)27)10-14-6-7-15(28-14)12-4-3-5-13(9-12)19(25)26/h3-7,9-10H,2,8,11H2,1H3,(H,21,23)(H,25,26)/b16-10-. The average molecular weight is 414 g/mol. The summed E-state index contributed by atoms with van der Waals surface area (Å²) in [5, 5.41) is 11.2. The molecular weight excluding hydrogens is 396 g/mol. The van der Waals surface area contributed by atoms with E-state index in [4.69, 9.17) is 9.52 Å². The van der Waals surface area contributed by atoms with Crippen LogP contribution in [0.5, 0.6) is 0 Å². The van der Waals surface area contributed by atoms with E-state index in [0.29, 0.717) is 23.6 Å². The number of aromatic carboxylic acids is 1. The number of furan rings is 1. The first-order valence-corrected chi connectivity index (χ1v) is 9.66. The number of thioether (sulfide) groups is 1. The van der Waals surface area contributed by atoms with Gasteiger partial charge in [-0.25, -0.2) is 4.79 Å². The molecule has 1 aliphatic rings. The summed E-state index contributed by atoms with van der Waals surface area (Å²) in [6.45, 7) is 2.05. The SMILES string of the molecule is CCCNC(=O)CN1C(=O)S/C(=C\c2ccc(-c3cccc(C(=O)O)c3)o2)C1=O. The van der Waals surface area contributed by atoms with Gasteiger partial charge in [0, 0.05) is 18.2 Å². The Morgan fingerprint density at radius 1 is 1.24 bits per heavy atom. The molecule has 1 aromatic carbocycles. The molecular formula is C20H18N2O6S. The minimum atomic E-state index is -1.05. The van der Waals surface area contributed by atoms with E-state index in [1.807, 2.05) is 6.92 Å². The van der Waals surface area contributed by atoms with Crippen LogP contribution < -0.4 is 5.32 Å². The number of benzene rings is 1. The summed E-state index contributed by atoms with van der Waals surface area (Å²) < 4.78 is 5.68. The maximum atomic E-state index is 12.5. The van der Waals surface area contributed by atoms with Crippen LogP contribution in [0.1, 0.15) is 29.5 Å². The lowest BCUT2D eigenvalue weighted by molar-refractivity contribution is -0.129. The molecule has 0 aliphatic carbocycles. The Kier molecular flexibility index (Phi) is 6.18. The number of carbonyl (C=O) groups is 4. The van der Waals surface area contributed by atoms with E-state index in [9.17, 15) is 19.2 Å². The molecule has 0 atom stereocenters. The van der Waals surface area contributed by atoms with Crippen molar-refractivity contribution in [2.24, 2.45) is 0 Å². The molecule has 0 radical (unpaired) electrons. The number of nitrogens with zero attached hydrogens (tertiary/aromatic N) is 1.